The molecule has 4 nitrogen and oxygen atoms in total. The van der Waals surface area contributed by atoms with Gasteiger partial charge in [-0.15, -0.1) is 24.0 Å². The SMILES string of the molecule is CCNC(=NCc1ccccc1OC)NCCCCC(F)(F)F.I. The number of ether oxygens (including phenoxy) is 1. The molecule has 0 aromatic heterocycles. The van der Waals surface area contributed by atoms with E-state index >= 15 is 0 Å². The molecule has 0 atom stereocenters. The van der Waals surface area contributed by atoms with Crippen molar-refractivity contribution in [1.82, 2.24) is 10.6 Å². The monoisotopic (exact) mass is 459 g/mol. The van der Waals surface area contributed by atoms with Crippen molar-refractivity contribution in [3.8, 4) is 5.75 Å². The predicted molar refractivity (Wildman–Crippen MR) is 101 cm³/mol. The minimum atomic E-state index is -4.08. The Morgan fingerprint density at radius 1 is 1.17 bits per heavy atom. The lowest BCUT2D eigenvalue weighted by atomic mass is 10.2. The Morgan fingerprint density at radius 3 is 2.50 bits per heavy atom. The van der Waals surface area contributed by atoms with Gasteiger partial charge in [-0.3, -0.25) is 0 Å². The van der Waals surface area contributed by atoms with Gasteiger partial charge < -0.3 is 15.4 Å². The molecule has 0 amide bonds. The van der Waals surface area contributed by atoms with E-state index in [0.29, 0.717) is 32.0 Å². The highest BCUT2D eigenvalue weighted by Crippen LogP contribution is 2.21. The number of benzene rings is 1. The summed E-state index contributed by atoms with van der Waals surface area (Å²) in [5.74, 6) is 1.35. The minimum Gasteiger partial charge on any atom is -0.496 e. The number of unbranched alkanes of at least 4 members (excludes halogenated alkanes) is 1. The van der Waals surface area contributed by atoms with E-state index in [-0.39, 0.29) is 30.4 Å². The van der Waals surface area contributed by atoms with Gasteiger partial charge in [0, 0.05) is 25.1 Å². The van der Waals surface area contributed by atoms with Crippen LogP contribution in [0.1, 0.15) is 31.7 Å². The first-order chi connectivity index (χ1) is 11.0. The zero-order chi connectivity index (χ0) is 17.1. The zero-order valence-corrected chi connectivity index (χ0v) is 16.3. The third-order valence-corrected chi connectivity index (χ3v) is 3.12. The number of rotatable bonds is 8. The lowest BCUT2D eigenvalue weighted by Crippen LogP contribution is -2.37. The highest BCUT2D eigenvalue weighted by atomic mass is 127. The molecule has 0 aliphatic heterocycles. The molecule has 0 aliphatic carbocycles. The van der Waals surface area contributed by atoms with Gasteiger partial charge in [-0.25, -0.2) is 4.99 Å². The molecule has 2 N–H and O–H groups in total. The number of nitrogens with one attached hydrogen (secondary N) is 2. The maximum atomic E-state index is 12.1. The van der Waals surface area contributed by atoms with E-state index in [2.05, 4.69) is 15.6 Å². The molecule has 8 heteroatoms. The Hall–Kier alpha value is -1.19. The highest BCUT2D eigenvalue weighted by Gasteiger charge is 2.25. The van der Waals surface area contributed by atoms with Crippen molar-refractivity contribution in [2.75, 3.05) is 20.2 Å². The van der Waals surface area contributed by atoms with Crippen LogP contribution < -0.4 is 15.4 Å². The van der Waals surface area contributed by atoms with Gasteiger partial charge in [-0.05, 0) is 25.8 Å². The van der Waals surface area contributed by atoms with E-state index in [1.807, 2.05) is 31.2 Å². The van der Waals surface area contributed by atoms with Crippen molar-refractivity contribution >= 4 is 29.9 Å². The molecule has 24 heavy (non-hydrogen) atoms. The molecule has 1 rings (SSSR count). The smallest absolute Gasteiger partial charge is 0.389 e. The standard InChI is InChI=1S/C16H24F3N3O.HI/c1-3-20-15(21-11-7-6-10-16(17,18)19)22-12-13-8-4-5-9-14(13)23-2;/h4-5,8-9H,3,6-7,10-12H2,1-2H3,(H2,20,21,22);1H. The van der Waals surface area contributed by atoms with Gasteiger partial charge in [0.2, 0.25) is 0 Å². The summed E-state index contributed by atoms with van der Waals surface area (Å²) < 4.78 is 41.5. The fourth-order valence-electron chi connectivity index (χ4n) is 2.00. The van der Waals surface area contributed by atoms with Crippen molar-refractivity contribution in [1.29, 1.82) is 0 Å². The Labute approximate surface area is 158 Å². The van der Waals surface area contributed by atoms with Crippen molar-refractivity contribution in [3.63, 3.8) is 0 Å². The first kappa shape index (κ1) is 22.8. The quantitative estimate of drug-likeness (QED) is 0.266. The van der Waals surface area contributed by atoms with Gasteiger partial charge in [0.15, 0.2) is 5.96 Å². The average molecular weight is 459 g/mol. The minimum absolute atomic E-state index is 0. The number of aliphatic imine (C=N–C) groups is 1. The molecule has 0 radical (unpaired) electrons. The molecule has 138 valence electrons. The molecule has 0 saturated heterocycles. The fourth-order valence-corrected chi connectivity index (χ4v) is 2.00. The molecular formula is C16H25F3IN3O. The number of hydrogen-bond acceptors (Lipinski definition) is 2. The summed E-state index contributed by atoms with van der Waals surface area (Å²) in [5.41, 5.74) is 0.948. The number of nitrogens with zero attached hydrogens (tertiary/aromatic N) is 1. The number of alkyl halides is 3. The van der Waals surface area contributed by atoms with E-state index in [1.54, 1.807) is 7.11 Å². The van der Waals surface area contributed by atoms with Crippen LogP contribution in [0.3, 0.4) is 0 Å². The van der Waals surface area contributed by atoms with Crippen LogP contribution in [0.15, 0.2) is 29.3 Å². The van der Waals surface area contributed by atoms with Gasteiger partial charge in [0.1, 0.15) is 5.75 Å². The first-order valence-corrected chi connectivity index (χ1v) is 7.67. The average Bonchev–Trinajstić information content (AvgIpc) is 2.51. The summed E-state index contributed by atoms with van der Waals surface area (Å²) in [5, 5.41) is 6.12. The lowest BCUT2D eigenvalue weighted by Gasteiger charge is -2.12. The van der Waals surface area contributed by atoms with Crippen LogP contribution in [-0.2, 0) is 6.54 Å². The van der Waals surface area contributed by atoms with E-state index in [0.717, 1.165) is 11.3 Å². The summed E-state index contributed by atoms with van der Waals surface area (Å²) in [7, 11) is 1.60. The van der Waals surface area contributed by atoms with Crippen LogP contribution >= 0.6 is 24.0 Å². The molecule has 0 unspecified atom stereocenters. The molecular weight excluding hydrogens is 434 g/mol. The van der Waals surface area contributed by atoms with Crippen LogP contribution in [0, 0.1) is 0 Å². The van der Waals surface area contributed by atoms with Crippen molar-refractivity contribution in [2.24, 2.45) is 4.99 Å². The highest BCUT2D eigenvalue weighted by molar-refractivity contribution is 14.0. The van der Waals surface area contributed by atoms with Crippen LogP contribution in [-0.4, -0.2) is 32.3 Å². The number of guanidine groups is 1. The summed E-state index contributed by atoms with van der Waals surface area (Å²) in [4.78, 5) is 4.43. The van der Waals surface area contributed by atoms with E-state index in [9.17, 15) is 13.2 Å². The van der Waals surface area contributed by atoms with Crippen molar-refractivity contribution in [3.05, 3.63) is 29.8 Å². The molecule has 0 aliphatic rings. The third kappa shape index (κ3) is 9.84. The van der Waals surface area contributed by atoms with E-state index < -0.39 is 12.6 Å². The topological polar surface area (TPSA) is 45.7 Å². The van der Waals surface area contributed by atoms with Crippen LogP contribution in [0.25, 0.3) is 0 Å². The number of halogens is 4. The van der Waals surface area contributed by atoms with Crippen LogP contribution in [0.2, 0.25) is 0 Å². The van der Waals surface area contributed by atoms with Gasteiger partial charge in [-0.1, -0.05) is 18.2 Å². The zero-order valence-electron chi connectivity index (χ0n) is 13.9. The summed E-state index contributed by atoms with van der Waals surface area (Å²) in [6, 6.07) is 7.58. The van der Waals surface area contributed by atoms with Gasteiger partial charge in [0.25, 0.3) is 0 Å². The molecule has 1 aromatic rings. The second-order valence-corrected chi connectivity index (χ2v) is 5.01. The van der Waals surface area contributed by atoms with E-state index in [4.69, 9.17) is 4.74 Å². The fraction of sp³-hybridized carbons (Fsp3) is 0.562. The van der Waals surface area contributed by atoms with Gasteiger partial charge in [0.05, 0.1) is 13.7 Å². The Balaban J connectivity index is 0.00000529. The molecule has 0 spiro atoms. The largest absolute Gasteiger partial charge is 0.496 e. The summed E-state index contributed by atoms with van der Waals surface area (Å²) in [6.45, 7) is 3.50. The van der Waals surface area contributed by atoms with E-state index in [1.165, 1.54) is 0 Å². The Bertz CT molecular complexity index is 496. The summed E-state index contributed by atoms with van der Waals surface area (Å²) >= 11 is 0. The summed E-state index contributed by atoms with van der Waals surface area (Å²) in [6.07, 6.45) is -4.27. The van der Waals surface area contributed by atoms with Gasteiger partial charge in [-0.2, -0.15) is 13.2 Å². The number of methoxy groups -OCH3 is 1. The molecule has 0 fully saturated rings. The molecule has 0 saturated carbocycles. The molecule has 1 aromatic carbocycles. The normalized spacial score (nSPS) is 11.6. The van der Waals surface area contributed by atoms with Crippen LogP contribution in [0.4, 0.5) is 13.2 Å². The Morgan fingerprint density at radius 2 is 1.88 bits per heavy atom. The number of para-hydroxylation sites is 1. The lowest BCUT2D eigenvalue weighted by molar-refractivity contribution is -0.135. The van der Waals surface area contributed by atoms with Crippen molar-refractivity contribution in [2.45, 2.75) is 38.9 Å². The Kier molecular flexibility index (Phi) is 11.6. The predicted octanol–water partition coefficient (Wildman–Crippen LogP) is 4.10. The van der Waals surface area contributed by atoms with Crippen molar-refractivity contribution < 1.29 is 17.9 Å². The number of hydrogen-bond donors (Lipinski definition) is 2. The first-order valence-electron chi connectivity index (χ1n) is 7.67. The van der Waals surface area contributed by atoms with Gasteiger partial charge >= 0.3 is 6.18 Å². The van der Waals surface area contributed by atoms with Crippen LogP contribution in [0.5, 0.6) is 5.75 Å². The maximum absolute atomic E-state index is 12.1. The second-order valence-electron chi connectivity index (χ2n) is 5.01. The second kappa shape index (κ2) is 12.2. The maximum Gasteiger partial charge on any atom is 0.389 e. The third-order valence-electron chi connectivity index (χ3n) is 3.12. The molecule has 0 bridgehead atoms. The molecule has 0 heterocycles.